The topological polar surface area (TPSA) is 69.6 Å². The number of nitrogens with one attached hydrogen (secondary N) is 1. The molecule has 0 spiro atoms. The predicted molar refractivity (Wildman–Crippen MR) is 76.5 cm³/mol. The smallest absolute Gasteiger partial charge is 0.317 e. The van der Waals surface area contributed by atoms with Crippen LogP contribution in [0.1, 0.15) is 52.4 Å². The third kappa shape index (κ3) is 3.25. The van der Waals surface area contributed by atoms with E-state index in [1.54, 1.807) is 11.8 Å². The molecule has 0 radical (unpaired) electrons. The molecule has 20 heavy (non-hydrogen) atoms. The molecular weight excluding hydrogens is 256 g/mol. The minimum Gasteiger partial charge on any atom is -0.481 e. The van der Waals surface area contributed by atoms with Crippen molar-refractivity contribution in [2.24, 2.45) is 10.8 Å². The number of aliphatic carboxylic acids is 1. The van der Waals surface area contributed by atoms with Gasteiger partial charge in [-0.2, -0.15) is 0 Å². The van der Waals surface area contributed by atoms with Gasteiger partial charge < -0.3 is 15.3 Å². The summed E-state index contributed by atoms with van der Waals surface area (Å²) in [6.07, 6.45) is 6.22. The van der Waals surface area contributed by atoms with Crippen molar-refractivity contribution in [1.82, 2.24) is 10.2 Å². The van der Waals surface area contributed by atoms with Crippen molar-refractivity contribution in [2.45, 2.75) is 52.4 Å². The van der Waals surface area contributed by atoms with E-state index < -0.39 is 11.4 Å². The molecule has 5 nitrogen and oxygen atoms in total. The second-order valence-corrected chi connectivity index (χ2v) is 7.07. The molecule has 0 bridgehead atoms. The number of piperidine rings is 1. The molecule has 5 heteroatoms. The fraction of sp³-hybridized carbons (Fsp3) is 0.867. The Morgan fingerprint density at radius 1 is 1.15 bits per heavy atom. The van der Waals surface area contributed by atoms with Crippen molar-refractivity contribution in [3.63, 3.8) is 0 Å². The zero-order valence-corrected chi connectivity index (χ0v) is 12.6. The zero-order chi connectivity index (χ0) is 14.8. The summed E-state index contributed by atoms with van der Waals surface area (Å²) < 4.78 is 0. The summed E-state index contributed by atoms with van der Waals surface area (Å²) in [5.74, 6) is -0.808. The molecule has 114 valence electrons. The van der Waals surface area contributed by atoms with Crippen LogP contribution < -0.4 is 5.32 Å². The maximum atomic E-state index is 12.2. The summed E-state index contributed by atoms with van der Waals surface area (Å²) in [6.45, 7) is 5.62. The van der Waals surface area contributed by atoms with Gasteiger partial charge in [-0.3, -0.25) is 4.79 Å². The van der Waals surface area contributed by atoms with E-state index >= 15 is 0 Å². The molecular formula is C15H26N2O3. The van der Waals surface area contributed by atoms with Gasteiger partial charge in [-0.15, -0.1) is 0 Å². The Morgan fingerprint density at radius 2 is 1.80 bits per heavy atom. The SMILES string of the molecule is CC1(CNC(=O)N2CCCC(C)(C(=O)O)C2)CCCC1. The van der Waals surface area contributed by atoms with E-state index in [-0.39, 0.29) is 11.4 Å². The van der Waals surface area contributed by atoms with Gasteiger partial charge in [0.1, 0.15) is 0 Å². The Kier molecular flexibility index (Phi) is 4.25. The second kappa shape index (κ2) is 5.62. The van der Waals surface area contributed by atoms with Crippen molar-refractivity contribution in [1.29, 1.82) is 0 Å². The molecule has 0 aromatic heterocycles. The van der Waals surface area contributed by atoms with E-state index in [0.29, 0.717) is 26.1 Å². The standard InChI is InChI=1S/C15H26N2O3/c1-14(6-3-4-7-14)10-16-13(20)17-9-5-8-15(2,11-17)12(18)19/h3-11H2,1-2H3,(H,16,20)(H,18,19). The molecule has 1 saturated carbocycles. The maximum absolute atomic E-state index is 12.2. The van der Waals surface area contributed by atoms with Crippen LogP contribution in [0.3, 0.4) is 0 Å². The van der Waals surface area contributed by atoms with Gasteiger partial charge >= 0.3 is 12.0 Å². The number of hydrogen-bond donors (Lipinski definition) is 2. The molecule has 2 amide bonds. The highest BCUT2D eigenvalue weighted by molar-refractivity contribution is 5.78. The first kappa shape index (κ1) is 15.1. The lowest BCUT2D eigenvalue weighted by Crippen LogP contribution is -2.52. The second-order valence-electron chi connectivity index (χ2n) is 7.07. The predicted octanol–water partition coefficient (Wildman–Crippen LogP) is 2.46. The average Bonchev–Trinajstić information content (AvgIpc) is 2.83. The van der Waals surface area contributed by atoms with E-state index in [4.69, 9.17) is 0 Å². The molecule has 1 heterocycles. The first-order valence-corrected chi connectivity index (χ1v) is 7.61. The molecule has 1 aliphatic carbocycles. The highest BCUT2D eigenvalue weighted by Gasteiger charge is 2.39. The van der Waals surface area contributed by atoms with Crippen LogP contribution >= 0.6 is 0 Å². The molecule has 1 aliphatic heterocycles. The lowest BCUT2D eigenvalue weighted by atomic mass is 9.82. The van der Waals surface area contributed by atoms with Crippen molar-refractivity contribution in [3.8, 4) is 0 Å². The number of hydrogen-bond acceptors (Lipinski definition) is 2. The van der Waals surface area contributed by atoms with Gasteiger partial charge in [0.05, 0.1) is 5.41 Å². The molecule has 1 unspecified atom stereocenters. The number of urea groups is 1. The van der Waals surface area contributed by atoms with Gasteiger partial charge in [0, 0.05) is 19.6 Å². The monoisotopic (exact) mass is 282 g/mol. The van der Waals surface area contributed by atoms with Gasteiger partial charge in [0.15, 0.2) is 0 Å². The molecule has 1 saturated heterocycles. The molecule has 2 fully saturated rings. The molecule has 0 aromatic rings. The number of nitrogens with zero attached hydrogens (tertiary/aromatic N) is 1. The quantitative estimate of drug-likeness (QED) is 0.835. The van der Waals surface area contributed by atoms with E-state index in [1.165, 1.54) is 25.7 Å². The van der Waals surface area contributed by atoms with Crippen LogP contribution in [0.15, 0.2) is 0 Å². The van der Waals surface area contributed by atoms with E-state index in [2.05, 4.69) is 12.2 Å². The van der Waals surface area contributed by atoms with Crippen LogP contribution in [0.5, 0.6) is 0 Å². The lowest BCUT2D eigenvalue weighted by Gasteiger charge is -2.38. The Hall–Kier alpha value is -1.26. The van der Waals surface area contributed by atoms with Gasteiger partial charge in [-0.05, 0) is 38.0 Å². The molecule has 2 aliphatic rings. The highest BCUT2D eigenvalue weighted by Crippen LogP contribution is 2.36. The number of amides is 2. The number of rotatable bonds is 3. The lowest BCUT2D eigenvalue weighted by molar-refractivity contribution is -0.150. The van der Waals surface area contributed by atoms with Crippen LogP contribution in [-0.4, -0.2) is 41.6 Å². The van der Waals surface area contributed by atoms with Crippen LogP contribution in [0.4, 0.5) is 4.79 Å². The molecule has 2 rings (SSSR count). The Morgan fingerprint density at radius 3 is 2.40 bits per heavy atom. The highest BCUT2D eigenvalue weighted by atomic mass is 16.4. The number of carboxylic acids is 1. The third-order valence-electron chi connectivity index (χ3n) is 4.98. The Labute approximate surface area is 120 Å². The van der Waals surface area contributed by atoms with Gasteiger partial charge in [0.2, 0.25) is 0 Å². The van der Waals surface area contributed by atoms with Crippen LogP contribution in [-0.2, 0) is 4.79 Å². The molecule has 1 atom stereocenters. The van der Waals surface area contributed by atoms with Crippen LogP contribution in [0.25, 0.3) is 0 Å². The van der Waals surface area contributed by atoms with Crippen molar-refractivity contribution in [2.75, 3.05) is 19.6 Å². The first-order chi connectivity index (χ1) is 9.35. The minimum absolute atomic E-state index is 0.106. The van der Waals surface area contributed by atoms with Crippen molar-refractivity contribution < 1.29 is 14.7 Å². The van der Waals surface area contributed by atoms with E-state index in [0.717, 1.165) is 6.42 Å². The molecule has 0 aromatic carbocycles. The number of carbonyl (C=O) groups is 2. The van der Waals surface area contributed by atoms with E-state index in [1.807, 2.05) is 0 Å². The Balaban J connectivity index is 1.87. The average molecular weight is 282 g/mol. The summed E-state index contributed by atoms with van der Waals surface area (Å²) in [5, 5.41) is 12.3. The van der Waals surface area contributed by atoms with Crippen molar-refractivity contribution in [3.05, 3.63) is 0 Å². The summed E-state index contributed by atoms with van der Waals surface area (Å²) in [5.41, 5.74) is -0.575. The fourth-order valence-electron chi connectivity index (χ4n) is 3.39. The maximum Gasteiger partial charge on any atom is 0.317 e. The van der Waals surface area contributed by atoms with Crippen molar-refractivity contribution >= 4 is 12.0 Å². The normalized spacial score (nSPS) is 29.2. The third-order valence-corrected chi connectivity index (χ3v) is 4.98. The molecule has 2 N–H and O–H groups in total. The van der Waals surface area contributed by atoms with Gasteiger partial charge in [-0.1, -0.05) is 19.8 Å². The number of likely N-dealkylation sites (tertiary alicyclic amines) is 1. The van der Waals surface area contributed by atoms with Gasteiger partial charge in [0.25, 0.3) is 0 Å². The van der Waals surface area contributed by atoms with E-state index in [9.17, 15) is 14.7 Å². The minimum atomic E-state index is -0.808. The van der Waals surface area contributed by atoms with Crippen LogP contribution in [0.2, 0.25) is 0 Å². The first-order valence-electron chi connectivity index (χ1n) is 7.61. The fourth-order valence-corrected chi connectivity index (χ4v) is 3.39. The summed E-state index contributed by atoms with van der Waals surface area (Å²) in [4.78, 5) is 25.2. The number of carbonyl (C=O) groups excluding carboxylic acids is 1. The summed E-state index contributed by atoms with van der Waals surface area (Å²) >= 11 is 0. The zero-order valence-electron chi connectivity index (χ0n) is 12.6. The van der Waals surface area contributed by atoms with Gasteiger partial charge in [-0.25, -0.2) is 4.79 Å². The summed E-state index contributed by atoms with van der Waals surface area (Å²) in [7, 11) is 0. The van der Waals surface area contributed by atoms with Crippen LogP contribution in [0, 0.1) is 10.8 Å². The Bertz CT molecular complexity index is 391. The largest absolute Gasteiger partial charge is 0.481 e. The summed E-state index contributed by atoms with van der Waals surface area (Å²) in [6, 6.07) is -0.106. The number of carboxylic acid groups (broad SMARTS) is 1.